The van der Waals surface area contributed by atoms with Gasteiger partial charge in [-0.05, 0) is 38.9 Å². The zero-order valence-corrected chi connectivity index (χ0v) is 13.9. The Kier molecular flexibility index (Phi) is 3.91. The first-order valence-electron chi connectivity index (χ1n) is 8.03. The first-order chi connectivity index (χ1) is 11.2. The van der Waals surface area contributed by atoms with Crippen LogP contribution in [-0.2, 0) is 6.54 Å². The van der Waals surface area contributed by atoms with E-state index in [0.717, 1.165) is 30.1 Å². The summed E-state index contributed by atoms with van der Waals surface area (Å²) < 4.78 is 13.0. The van der Waals surface area contributed by atoms with Crippen LogP contribution in [0.25, 0.3) is 11.4 Å². The second-order valence-electron chi connectivity index (χ2n) is 6.19. The number of fused-ring (bicyclic) bond motifs is 1. The van der Waals surface area contributed by atoms with Crippen molar-refractivity contribution < 1.29 is 9.47 Å². The summed E-state index contributed by atoms with van der Waals surface area (Å²) in [7, 11) is 2.21. The lowest BCUT2D eigenvalue weighted by Crippen LogP contribution is -2.26. The van der Waals surface area contributed by atoms with Gasteiger partial charge in [-0.15, -0.1) is 0 Å². The molecule has 23 heavy (non-hydrogen) atoms. The molecule has 0 bridgehead atoms. The van der Waals surface area contributed by atoms with Crippen LogP contribution in [0.15, 0.2) is 24.5 Å². The van der Waals surface area contributed by atoms with Crippen LogP contribution in [0.2, 0.25) is 5.02 Å². The molecular weight excluding hydrogens is 314 g/mol. The Morgan fingerprint density at radius 2 is 2.13 bits per heavy atom. The second kappa shape index (κ2) is 6.06. The molecule has 1 unspecified atom stereocenters. The Bertz CT molecular complexity index is 716. The highest BCUT2D eigenvalue weighted by Crippen LogP contribution is 2.40. The van der Waals surface area contributed by atoms with E-state index in [1.807, 2.05) is 24.5 Å². The van der Waals surface area contributed by atoms with Crippen molar-refractivity contribution in [1.82, 2.24) is 14.5 Å². The zero-order valence-electron chi connectivity index (χ0n) is 13.2. The fraction of sp³-hybridized carbons (Fsp3) is 0.471. The number of aryl methyl sites for hydroxylation is 1. The van der Waals surface area contributed by atoms with Gasteiger partial charge in [0.1, 0.15) is 5.82 Å². The van der Waals surface area contributed by atoms with Gasteiger partial charge in [0, 0.05) is 36.6 Å². The Labute approximate surface area is 140 Å². The maximum absolute atomic E-state index is 6.42. The summed E-state index contributed by atoms with van der Waals surface area (Å²) in [5.74, 6) is 2.31. The zero-order chi connectivity index (χ0) is 15.8. The number of hydrogen-bond acceptors (Lipinski definition) is 4. The number of imidazole rings is 1. The summed E-state index contributed by atoms with van der Waals surface area (Å²) in [6.07, 6.45) is 7.55. The molecule has 0 aliphatic carbocycles. The van der Waals surface area contributed by atoms with Crippen molar-refractivity contribution in [1.29, 1.82) is 0 Å². The summed E-state index contributed by atoms with van der Waals surface area (Å²) in [6.45, 7) is 2.39. The fourth-order valence-electron chi connectivity index (χ4n) is 3.45. The lowest BCUT2D eigenvalue weighted by Gasteiger charge is -2.20. The number of aromatic nitrogens is 2. The molecule has 0 radical (unpaired) electrons. The lowest BCUT2D eigenvalue weighted by molar-refractivity contribution is 0.174. The Morgan fingerprint density at radius 3 is 2.91 bits per heavy atom. The van der Waals surface area contributed by atoms with Gasteiger partial charge in [0.2, 0.25) is 6.79 Å². The van der Waals surface area contributed by atoms with Gasteiger partial charge in [0.05, 0.1) is 5.02 Å². The molecule has 0 amide bonds. The van der Waals surface area contributed by atoms with Crippen LogP contribution >= 0.6 is 11.6 Å². The quantitative estimate of drug-likeness (QED) is 0.859. The predicted molar refractivity (Wildman–Crippen MR) is 89.1 cm³/mol. The van der Waals surface area contributed by atoms with Crippen LogP contribution in [0, 0.1) is 0 Å². The number of ether oxygens (including phenoxy) is 2. The van der Waals surface area contributed by atoms with Crippen molar-refractivity contribution in [2.24, 2.45) is 0 Å². The molecule has 0 spiro atoms. The van der Waals surface area contributed by atoms with E-state index in [9.17, 15) is 0 Å². The number of benzene rings is 1. The second-order valence-corrected chi connectivity index (χ2v) is 6.60. The Balaban J connectivity index is 1.57. The maximum atomic E-state index is 6.42. The van der Waals surface area contributed by atoms with Gasteiger partial charge in [-0.1, -0.05) is 11.6 Å². The molecule has 1 atom stereocenters. The molecule has 1 fully saturated rings. The van der Waals surface area contributed by atoms with E-state index in [0.29, 0.717) is 16.8 Å². The normalized spacial score (nSPS) is 20.3. The van der Waals surface area contributed by atoms with E-state index in [-0.39, 0.29) is 6.79 Å². The highest BCUT2D eigenvalue weighted by Gasteiger charge is 2.22. The van der Waals surface area contributed by atoms with Crippen LogP contribution in [0.1, 0.15) is 19.3 Å². The van der Waals surface area contributed by atoms with Crippen LogP contribution in [0.5, 0.6) is 11.5 Å². The van der Waals surface area contributed by atoms with Gasteiger partial charge < -0.3 is 18.9 Å². The summed E-state index contributed by atoms with van der Waals surface area (Å²) in [4.78, 5) is 6.95. The van der Waals surface area contributed by atoms with Crippen molar-refractivity contribution in [3.05, 3.63) is 29.5 Å². The van der Waals surface area contributed by atoms with Crippen molar-refractivity contribution in [2.75, 3.05) is 20.4 Å². The van der Waals surface area contributed by atoms with Crippen LogP contribution in [-0.4, -0.2) is 40.9 Å². The van der Waals surface area contributed by atoms with E-state index in [2.05, 4.69) is 21.5 Å². The van der Waals surface area contributed by atoms with E-state index in [1.165, 1.54) is 19.4 Å². The third-order valence-electron chi connectivity index (χ3n) is 4.79. The van der Waals surface area contributed by atoms with Gasteiger partial charge in [-0.25, -0.2) is 4.98 Å². The van der Waals surface area contributed by atoms with Crippen LogP contribution < -0.4 is 9.47 Å². The molecule has 0 N–H and O–H groups in total. The Morgan fingerprint density at radius 1 is 1.30 bits per heavy atom. The van der Waals surface area contributed by atoms with E-state index in [1.54, 1.807) is 0 Å². The standard InChI is InChI=1S/C17H20ClN3O2/c1-20-6-2-3-12(20)4-7-21-8-5-19-17(21)13-9-15-16(10-14(13)18)23-11-22-15/h5,8-10,12H,2-4,6-7,11H2,1H3. The molecule has 3 heterocycles. The van der Waals surface area contributed by atoms with E-state index >= 15 is 0 Å². The average Bonchev–Trinajstić information content (AvgIpc) is 3.24. The van der Waals surface area contributed by atoms with Gasteiger partial charge in [-0.3, -0.25) is 0 Å². The van der Waals surface area contributed by atoms with Crippen molar-refractivity contribution in [2.45, 2.75) is 31.8 Å². The largest absolute Gasteiger partial charge is 0.454 e. The van der Waals surface area contributed by atoms with E-state index < -0.39 is 0 Å². The van der Waals surface area contributed by atoms with Gasteiger partial charge in [0.15, 0.2) is 11.5 Å². The van der Waals surface area contributed by atoms with Crippen molar-refractivity contribution in [3.63, 3.8) is 0 Å². The van der Waals surface area contributed by atoms with Gasteiger partial charge in [0.25, 0.3) is 0 Å². The molecule has 5 nitrogen and oxygen atoms in total. The maximum Gasteiger partial charge on any atom is 0.231 e. The molecule has 122 valence electrons. The third kappa shape index (κ3) is 2.79. The number of likely N-dealkylation sites (tertiary alicyclic amines) is 1. The average molecular weight is 334 g/mol. The van der Waals surface area contributed by atoms with E-state index in [4.69, 9.17) is 21.1 Å². The molecule has 4 rings (SSSR count). The summed E-state index contributed by atoms with van der Waals surface area (Å²) in [5.41, 5.74) is 0.890. The Hall–Kier alpha value is -1.72. The molecular formula is C17H20ClN3O2. The predicted octanol–water partition coefficient (Wildman–Crippen LogP) is 3.42. The SMILES string of the molecule is CN1CCCC1CCn1ccnc1-c1cc2c(cc1Cl)OCO2. The smallest absolute Gasteiger partial charge is 0.231 e. The van der Waals surface area contributed by atoms with Gasteiger partial charge >= 0.3 is 0 Å². The molecule has 1 aromatic carbocycles. The first kappa shape index (κ1) is 14.8. The molecule has 1 saturated heterocycles. The van der Waals surface area contributed by atoms with Crippen molar-refractivity contribution >= 4 is 11.6 Å². The third-order valence-corrected chi connectivity index (χ3v) is 5.11. The molecule has 6 heteroatoms. The fourth-order valence-corrected chi connectivity index (χ4v) is 3.69. The monoisotopic (exact) mass is 333 g/mol. The number of hydrogen-bond donors (Lipinski definition) is 0. The highest BCUT2D eigenvalue weighted by atomic mass is 35.5. The first-order valence-corrected chi connectivity index (χ1v) is 8.41. The molecule has 0 saturated carbocycles. The molecule has 2 aliphatic heterocycles. The van der Waals surface area contributed by atoms with Crippen LogP contribution in [0.4, 0.5) is 0 Å². The lowest BCUT2D eigenvalue weighted by atomic mass is 10.1. The molecule has 2 aliphatic rings. The summed E-state index contributed by atoms with van der Waals surface area (Å²) in [5, 5.41) is 0.639. The van der Waals surface area contributed by atoms with Crippen LogP contribution in [0.3, 0.4) is 0 Å². The molecule has 2 aromatic rings. The highest BCUT2D eigenvalue weighted by molar-refractivity contribution is 6.33. The number of halogens is 1. The molecule has 1 aromatic heterocycles. The minimum absolute atomic E-state index is 0.248. The summed E-state index contributed by atoms with van der Waals surface area (Å²) in [6, 6.07) is 4.39. The topological polar surface area (TPSA) is 39.5 Å². The number of rotatable bonds is 4. The summed E-state index contributed by atoms with van der Waals surface area (Å²) >= 11 is 6.42. The minimum Gasteiger partial charge on any atom is -0.454 e. The minimum atomic E-state index is 0.248. The van der Waals surface area contributed by atoms with Crippen molar-refractivity contribution in [3.8, 4) is 22.9 Å². The number of nitrogens with zero attached hydrogens (tertiary/aromatic N) is 3. The van der Waals surface area contributed by atoms with Gasteiger partial charge in [-0.2, -0.15) is 0 Å².